The average Bonchev–Trinajstić information content (AvgIpc) is 2.19. The van der Waals surface area contributed by atoms with Gasteiger partial charge < -0.3 is 13.8 Å². The second kappa shape index (κ2) is 6.68. The van der Waals surface area contributed by atoms with Crippen molar-refractivity contribution in [3.63, 3.8) is 0 Å². The number of rotatable bonds is 5. The largest absolute Gasteiger partial charge is 0.379 e. The molecule has 0 radical (unpaired) electrons. The van der Waals surface area contributed by atoms with E-state index in [-0.39, 0.29) is 0 Å². The third-order valence-electron chi connectivity index (χ3n) is 1.70. The van der Waals surface area contributed by atoms with Gasteiger partial charge in [0.2, 0.25) is 0 Å². The lowest BCUT2D eigenvalue weighted by atomic mass is 10.5. The molecule has 0 atom stereocenters. The van der Waals surface area contributed by atoms with Crippen molar-refractivity contribution >= 4 is 8.53 Å². The zero-order valence-corrected chi connectivity index (χ0v) is 9.26. The monoisotopic (exact) mass is 207 g/mol. The van der Waals surface area contributed by atoms with Crippen LogP contribution in [0.4, 0.5) is 0 Å². The van der Waals surface area contributed by atoms with Crippen molar-refractivity contribution in [3.8, 4) is 0 Å². The molecule has 0 aromatic heterocycles. The first kappa shape index (κ1) is 11.3. The first-order valence-corrected chi connectivity index (χ1v) is 5.90. The molecule has 78 valence electrons. The van der Waals surface area contributed by atoms with Crippen LogP contribution in [0.1, 0.15) is 13.8 Å². The van der Waals surface area contributed by atoms with Crippen molar-refractivity contribution in [1.29, 1.82) is 0 Å². The zero-order valence-electron chi connectivity index (χ0n) is 8.36. The van der Waals surface area contributed by atoms with E-state index in [2.05, 4.69) is 4.67 Å². The molecule has 4 nitrogen and oxygen atoms in total. The molecule has 0 unspecified atom stereocenters. The Morgan fingerprint density at radius 3 is 2.15 bits per heavy atom. The summed E-state index contributed by atoms with van der Waals surface area (Å²) in [5.41, 5.74) is 0. The van der Waals surface area contributed by atoms with Crippen molar-refractivity contribution in [2.24, 2.45) is 0 Å². The van der Waals surface area contributed by atoms with Crippen LogP contribution in [0.2, 0.25) is 0 Å². The fourth-order valence-electron chi connectivity index (χ4n) is 1.14. The minimum atomic E-state index is -0.826. The molecule has 1 rings (SSSR count). The molecule has 1 fully saturated rings. The van der Waals surface area contributed by atoms with E-state index >= 15 is 0 Å². The van der Waals surface area contributed by atoms with Gasteiger partial charge in [0.15, 0.2) is 0 Å². The maximum atomic E-state index is 5.53. The van der Waals surface area contributed by atoms with E-state index < -0.39 is 8.53 Å². The summed E-state index contributed by atoms with van der Waals surface area (Å²) in [7, 11) is -0.826. The molecular formula is C8H18NO3P. The lowest BCUT2D eigenvalue weighted by molar-refractivity contribution is 0.0611. The number of ether oxygens (including phenoxy) is 1. The number of nitrogens with zero attached hydrogens (tertiary/aromatic N) is 1. The van der Waals surface area contributed by atoms with Gasteiger partial charge in [-0.05, 0) is 13.8 Å². The number of morpholine rings is 1. The zero-order chi connectivity index (χ0) is 9.52. The highest BCUT2D eigenvalue weighted by Gasteiger charge is 2.22. The Morgan fingerprint density at radius 1 is 1.15 bits per heavy atom. The second-order valence-electron chi connectivity index (χ2n) is 2.64. The van der Waals surface area contributed by atoms with E-state index in [4.69, 9.17) is 13.8 Å². The van der Waals surface area contributed by atoms with Crippen molar-refractivity contribution in [1.82, 2.24) is 4.67 Å². The van der Waals surface area contributed by atoms with Crippen LogP contribution in [0.25, 0.3) is 0 Å². The van der Waals surface area contributed by atoms with Gasteiger partial charge in [-0.2, -0.15) is 0 Å². The van der Waals surface area contributed by atoms with Crippen LogP contribution in [0.5, 0.6) is 0 Å². The molecule has 0 saturated carbocycles. The summed E-state index contributed by atoms with van der Waals surface area (Å²) >= 11 is 0. The van der Waals surface area contributed by atoms with E-state index in [9.17, 15) is 0 Å². The van der Waals surface area contributed by atoms with Gasteiger partial charge in [-0.1, -0.05) is 0 Å². The minimum Gasteiger partial charge on any atom is -0.379 e. The van der Waals surface area contributed by atoms with Gasteiger partial charge in [-0.25, -0.2) is 4.67 Å². The molecule has 0 spiro atoms. The van der Waals surface area contributed by atoms with E-state index in [0.717, 1.165) is 26.3 Å². The average molecular weight is 207 g/mol. The molecule has 0 aromatic carbocycles. The van der Waals surface area contributed by atoms with E-state index in [0.29, 0.717) is 13.2 Å². The normalized spacial score (nSPS) is 19.6. The van der Waals surface area contributed by atoms with Crippen molar-refractivity contribution in [2.45, 2.75) is 13.8 Å². The van der Waals surface area contributed by atoms with Gasteiger partial charge in [0.05, 0.1) is 26.4 Å². The maximum absolute atomic E-state index is 5.53. The molecule has 5 heteroatoms. The summed E-state index contributed by atoms with van der Waals surface area (Å²) in [6.07, 6.45) is 0. The Balaban J connectivity index is 2.32. The van der Waals surface area contributed by atoms with Crippen LogP contribution in [0, 0.1) is 0 Å². The number of hydrogen-bond acceptors (Lipinski definition) is 4. The molecular weight excluding hydrogens is 189 g/mol. The summed E-state index contributed by atoms with van der Waals surface area (Å²) in [5.74, 6) is 0. The summed E-state index contributed by atoms with van der Waals surface area (Å²) in [6.45, 7) is 8.84. The summed E-state index contributed by atoms with van der Waals surface area (Å²) in [6, 6.07) is 0. The lowest BCUT2D eigenvalue weighted by Gasteiger charge is -2.31. The molecule has 0 aromatic rings. The minimum absolute atomic E-state index is 0.711. The third kappa shape index (κ3) is 3.88. The molecule has 1 heterocycles. The second-order valence-corrected chi connectivity index (χ2v) is 4.20. The standard InChI is InChI=1S/C8H18NO3P/c1-3-11-13(12-4-2)9-5-7-10-8-6-9/h3-8H2,1-2H3. The highest BCUT2D eigenvalue weighted by molar-refractivity contribution is 7.44. The first-order valence-electron chi connectivity index (χ1n) is 4.77. The smallest absolute Gasteiger partial charge is 0.258 e. The van der Waals surface area contributed by atoms with Gasteiger partial charge in [-0.15, -0.1) is 0 Å². The fraction of sp³-hybridized carbons (Fsp3) is 1.00. The quantitative estimate of drug-likeness (QED) is 0.641. The van der Waals surface area contributed by atoms with Gasteiger partial charge >= 0.3 is 0 Å². The molecule has 1 aliphatic rings. The fourth-order valence-corrected chi connectivity index (χ4v) is 2.47. The maximum Gasteiger partial charge on any atom is 0.258 e. The Bertz CT molecular complexity index is 125. The van der Waals surface area contributed by atoms with Crippen LogP contribution >= 0.6 is 8.53 Å². The lowest BCUT2D eigenvalue weighted by Crippen LogP contribution is -2.33. The molecule has 13 heavy (non-hydrogen) atoms. The van der Waals surface area contributed by atoms with Crippen LogP contribution in [-0.2, 0) is 13.8 Å². The predicted octanol–water partition coefficient (Wildman–Crippen LogP) is 1.62. The van der Waals surface area contributed by atoms with Crippen LogP contribution in [0.15, 0.2) is 0 Å². The van der Waals surface area contributed by atoms with Gasteiger partial charge in [-0.3, -0.25) is 0 Å². The molecule has 0 amide bonds. The molecule has 0 N–H and O–H groups in total. The molecule has 0 bridgehead atoms. The molecule has 0 aliphatic carbocycles. The SMILES string of the molecule is CCOP(OCC)N1CCOCC1. The van der Waals surface area contributed by atoms with E-state index in [1.165, 1.54) is 0 Å². The van der Waals surface area contributed by atoms with Crippen LogP contribution in [0.3, 0.4) is 0 Å². The highest BCUT2D eigenvalue weighted by Crippen LogP contribution is 2.42. The van der Waals surface area contributed by atoms with Crippen molar-refractivity contribution in [3.05, 3.63) is 0 Å². The molecule has 1 aliphatic heterocycles. The Kier molecular flexibility index (Phi) is 5.83. The van der Waals surface area contributed by atoms with Crippen LogP contribution < -0.4 is 0 Å². The predicted molar refractivity (Wildman–Crippen MR) is 52.6 cm³/mol. The van der Waals surface area contributed by atoms with E-state index in [1.54, 1.807) is 0 Å². The summed E-state index contributed by atoms with van der Waals surface area (Å²) in [5, 5.41) is 0. The van der Waals surface area contributed by atoms with Gasteiger partial charge in [0, 0.05) is 13.1 Å². The topological polar surface area (TPSA) is 30.9 Å². The van der Waals surface area contributed by atoms with Crippen molar-refractivity contribution < 1.29 is 13.8 Å². The van der Waals surface area contributed by atoms with Gasteiger partial charge in [0.1, 0.15) is 0 Å². The van der Waals surface area contributed by atoms with Crippen LogP contribution in [-0.4, -0.2) is 44.2 Å². The van der Waals surface area contributed by atoms with Crippen molar-refractivity contribution in [2.75, 3.05) is 39.5 Å². The van der Waals surface area contributed by atoms with E-state index in [1.807, 2.05) is 13.8 Å². The third-order valence-corrected chi connectivity index (χ3v) is 3.52. The number of hydrogen-bond donors (Lipinski definition) is 0. The Morgan fingerprint density at radius 2 is 1.69 bits per heavy atom. The summed E-state index contributed by atoms with van der Waals surface area (Å²) < 4.78 is 18.6. The molecule has 1 saturated heterocycles. The Labute approximate surface area is 81.1 Å². The van der Waals surface area contributed by atoms with Gasteiger partial charge in [0.25, 0.3) is 8.53 Å². The first-order chi connectivity index (χ1) is 6.38. The Hall–Kier alpha value is 0.270. The summed E-state index contributed by atoms with van der Waals surface area (Å²) in [4.78, 5) is 0. The highest BCUT2D eigenvalue weighted by atomic mass is 31.2.